The van der Waals surface area contributed by atoms with Gasteiger partial charge in [0.15, 0.2) is 34.0 Å². The number of carbonyl (C=O) groups excluding carboxylic acids is 2. The Morgan fingerprint density at radius 2 is 0.875 bits per heavy atom. The van der Waals surface area contributed by atoms with Crippen molar-refractivity contribution in [2.75, 3.05) is 85.6 Å². The molecule has 2 amide bonds. The zero-order valence-corrected chi connectivity index (χ0v) is 47.3. The molecule has 30 heteroatoms. The van der Waals surface area contributed by atoms with Crippen molar-refractivity contribution in [2.45, 2.75) is 91.4 Å². The van der Waals surface area contributed by atoms with Crippen molar-refractivity contribution in [3.63, 3.8) is 0 Å². The Hall–Kier alpha value is -7.74. The molecular formula is C50H70N16O12P2. The van der Waals surface area contributed by atoms with Crippen LogP contribution in [-0.2, 0) is 49.9 Å². The molecular weight excluding hydrogens is 1080 g/mol. The van der Waals surface area contributed by atoms with Gasteiger partial charge >= 0.3 is 27.1 Å². The normalized spacial score (nSPS) is 12.3. The molecule has 432 valence electrons. The van der Waals surface area contributed by atoms with E-state index in [0.29, 0.717) is 83.6 Å². The van der Waals surface area contributed by atoms with Gasteiger partial charge in [0.05, 0.1) is 75.6 Å². The molecule has 0 bridgehead atoms. The number of nitrogens with zero attached hydrogens (tertiary/aromatic N) is 10. The van der Waals surface area contributed by atoms with E-state index < -0.39 is 51.0 Å². The van der Waals surface area contributed by atoms with E-state index in [1.165, 1.54) is 0 Å². The van der Waals surface area contributed by atoms with E-state index in [0.717, 1.165) is 11.4 Å². The summed E-state index contributed by atoms with van der Waals surface area (Å²) in [5.41, 5.74) is 27.8. The maximum absolute atomic E-state index is 12.8. The molecule has 6 aromatic rings. The number of hydrogen-bond donors (Lipinski definition) is 8. The number of nitrogens with one attached hydrogen (secondary N) is 2. The topological polar surface area (TPSA) is 418 Å². The molecule has 0 unspecified atom stereocenters. The Balaban J connectivity index is 0.000000294. The predicted molar refractivity (Wildman–Crippen MR) is 302 cm³/mol. The van der Waals surface area contributed by atoms with Crippen LogP contribution in [-0.4, -0.2) is 139 Å². The first-order chi connectivity index (χ1) is 38.1. The number of nitrogens with two attached hydrogens (primary N) is 4. The van der Waals surface area contributed by atoms with Crippen LogP contribution in [0.2, 0.25) is 0 Å². The number of aromatic nitrogens is 8. The number of nitrogen functional groups attached to an aromatic ring is 4. The third-order valence-corrected chi connectivity index (χ3v) is 16.1. The summed E-state index contributed by atoms with van der Waals surface area (Å²) >= 11 is 0. The summed E-state index contributed by atoms with van der Waals surface area (Å²) in [7, 11) is -2.69. The summed E-state index contributed by atoms with van der Waals surface area (Å²) in [5.74, 6) is -2.97. The first-order valence-corrected chi connectivity index (χ1v) is 29.1. The summed E-state index contributed by atoms with van der Waals surface area (Å²) in [6.07, 6.45) is 5.59. The van der Waals surface area contributed by atoms with Crippen LogP contribution in [0.15, 0.2) is 60.9 Å². The number of benzene rings is 2. The number of anilines is 6. The highest BCUT2D eigenvalue weighted by atomic mass is 31.2. The molecule has 0 spiro atoms. The van der Waals surface area contributed by atoms with Crippen LogP contribution < -0.4 is 43.4 Å². The first kappa shape index (κ1) is 63.1. The summed E-state index contributed by atoms with van der Waals surface area (Å²) in [4.78, 5) is 86.1. The predicted octanol–water partition coefficient (Wildman–Crippen LogP) is 5.68. The average Bonchev–Trinajstić information content (AvgIpc) is 3.41. The number of rotatable bonds is 30. The molecule has 0 saturated heterocycles. The van der Waals surface area contributed by atoms with Gasteiger partial charge in [0, 0.05) is 36.6 Å². The van der Waals surface area contributed by atoms with Gasteiger partial charge < -0.3 is 71.7 Å². The van der Waals surface area contributed by atoms with Crippen molar-refractivity contribution in [3.8, 4) is 0 Å². The number of unbranched alkanes of at least 4 members (excludes halogenated alkanes) is 2. The van der Waals surface area contributed by atoms with Crippen LogP contribution in [0.4, 0.5) is 34.9 Å². The molecule has 12 N–H and O–H groups in total. The third kappa shape index (κ3) is 18.7. The lowest BCUT2D eigenvalue weighted by Gasteiger charge is -2.20. The van der Waals surface area contributed by atoms with E-state index in [1.807, 2.05) is 23.9 Å². The summed E-state index contributed by atoms with van der Waals surface area (Å²) in [6.45, 7) is 8.75. The van der Waals surface area contributed by atoms with Crippen molar-refractivity contribution in [2.24, 2.45) is 0 Å². The molecule has 0 radical (unpaired) electrons. The van der Waals surface area contributed by atoms with Gasteiger partial charge in [-0.2, -0.15) is 19.9 Å². The fraction of sp³-hybridized carbons (Fsp3) is 0.440. The number of fused-ring (bicyclic) bond motifs is 2. The van der Waals surface area contributed by atoms with Crippen molar-refractivity contribution < 1.29 is 56.6 Å². The van der Waals surface area contributed by atoms with Gasteiger partial charge in [-0.05, 0) is 102 Å². The zero-order valence-electron chi connectivity index (χ0n) is 45.5. The van der Waals surface area contributed by atoms with Gasteiger partial charge in [-0.15, -0.1) is 0 Å². The second-order valence-corrected chi connectivity index (χ2v) is 22.2. The molecule has 6 rings (SSSR count). The highest BCUT2D eigenvalue weighted by Gasteiger charge is 2.27. The Morgan fingerprint density at radius 1 is 0.537 bits per heavy atom. The third-order valence-electron chi connectivity index (χ3n) is 11.8. The minimum Gasteiger partial charge on any atom is -0.480 e. The van der Waals surface area contributed by atoms with E-state index in [4.69, 9.17) is 41.0 Å². The number of carbonyl (C=O) groups is 4. The molecule has 0 saturated carbocycles. The second-order valence-electron chi connectivity index (χ2n) is 17.9. The van der Waals surface area contributed by atoms with E-state index in [9.17, 15) is 38.5 Å². The fourth-order valence-corrected chi connectivity index (χ4v) is 11.4. The molecule has 0 aliphatic rings. The lowest BCUT2D eigenvalue weighted by molar-refractivity contribution is -0.140. The smallest absolute Gasteiger partial charge is 0.330 e. The molecule has 2 aromatic carbocycles. The lowest BCUT2D eigenvalue weighted by Crippen LogP contribution is -2.40. The van der Waals surface area contributed by atoms with Crippen LogP contribution >= 0.6 is 15.2 Å². The van der Waals surface area contributed by atoms with E-state index in [-0.39, 0.29) is 75.1 Å². The SMILES string of the molecule is CCOP(=O)(CCCC[C@H](NC(=O)c1ccc(N(C)Cc2cnc3nc(N)nc(N)c3n2)cc1)C(=O)O)OCC.CCOP(=O)(CCCC[C@H](NC(=O)c1ccc(N(C)Cc2cnc3nc(N)nc(N)c3n2)cc1)C(=O)O)OCC. The monoisotopic (exact) mass is 1150 g/mol. The van der Waals surface area contributed by atoms with Crippen molar-refractivity contribution in [3.05, 3.63) is 83.4 Å². The van der Waals surface area contributed by atoms with Crippen LogP contribution in [0.3, 0.4) is 0 Å². The van der Waals surface area contributed by atoms with Gasteiger partial charge in [-0.1, -0.05) is 12.8 Å². The highest BCUT2D eigenvalue weighted by Crippen LogP contribution is 2.49. The first-order valence-electron chi connectivity index (χ1n) is 25.6. The van der Waals surface area contributed by atoms with Crippen LogP contribution in [0.25, 0.3) is 22.3 Å². The molecule has 4 aromatic heterocycles. The van der Waals surface area contributed by atoms with Gasteiger partial charge in [0.25, 0.3) is 11.8 Å². The van der Waals surface area contributed by atoms with E-state index >= 15 is 0 Å². The Bertz CT molecular complexity index is 2940. The van der Waals surface area contributed by atoms with Crippen molar-refractivity contribution >= 4 is 96.2 Å². The Morgan fingerprint density at radius 3 is 1.19 bits per heavy atom. The molecule has 4 heterocycles. The maximum Gasteiger partial charge on any atom is 0.330 e. The molecule has 0 fully saturated rings. The van der Waals surface area contributed by atoms with Gasteiger partial charge in [-0.3, -0.25) is 18.7 Å². The van der Waals surface area contributed by atoms with Crippen LogP contribution in [0.1, 0.15) is 98.3 Å². The summed E-state index contributed by atoms with van der Waals surface area (Å²) in [5, 5.41) is 24.3. The quantitative estimate of drug-likeness (QED) is 0.0198. The van der Waals surface area contributed by atoms with Crippen LogP contribution in [0.5, 0.6) is 0 Å². The Labute approximate surface area is 462 Å². The number of aliphatic carboxylic acids is 2. The summed E-state index contributed by atoms with van der Waals surface area (Å²) in [6, 6.07) is 11.3. The summed E-state index contributed by atoms with van der Waals surface area (Å²) < 4.78 is 46.1. The number of hydrogen-bond acceptors (Lipinski definition) is 24. The van der Waals surface area contributed by atoms with Crippen molar-refractivity contribution in [1.82, 2.24) is 50.5 Å². The van der Waals surface area contributed by atoms with E-state index in [1.54, 1.807) is 88.6 Å². The average molecular weight is 1150 g/mol. The Kier molecular flexibility index (Phi) is 23.7. The zero-order chi connectivity index (χ0) is 58.6. The van der Waals surface area contributed by atoms with Gasteiger partial charge in [0.2, 0.25) is 11.9 Å². The number of carboxylic acids is 2. The number of carboxylic acid groups (broad SMARTS) is 2. The number of amides is 2. The molecule has 0 aliphatic heterocycles. The van der Waals surface area contributed by atoms with E-state index in [2.05, 4.69) is 50.5 Å². The lowest BCUT2D eigenvalue weighted by atomic mass is 10.1. The minimum absolute atomic E-state index is 0.0227. The standard InChI is InChI=1S/2C25H35N8O6P/c2*1-4-38-40(37,39-5-2)13-7-6-8-19(24(35)36)30-23(34)16-9-11-18(12-10-16)33(3)15-17-14-28-22-20(29-17)21(26)31-25(27)32-22/h2*9-12,14,19H,4-8,13,15H2,1-3H3,(H,30,34)(H,35,36)(H4,26,27,28,31,32)/t2*19-/m00/s1. The second kappa shape index (κ2) is 30.0. The molecule has 28 nitrogen and oxygen atoms in total. The molecule has 2 atom stereocenters. The fourth-order valence-electron chi connectivity index (χ4n) is 7.95. The van der Waals surface area contributed by atoms with Gasteiger partial charge in [0.1, 0.15) is 12.1 Å². The molecule has 80 heavy (non-hydrogen) atoms. The van der Waals surface area contributed by atoms with Gasteiger partial charge in [-0.25, -0.2) is 29.5 Å². The molecule has 0 aliphatic carbocycles. The highest BCUT2D eigenvalue weighted by molar-refractivity contribution is 7.54. The van der Waals surface area contributed by atoms with Crippen molar-refractivity contribution in [1.29, 1.82) is 0 Å². The largest absolute Gasteiger partial charge is 0.480 e. The minimum atomic E-state index is -3.19. The van der Waals surface area contributed by atoms with Crippen LogP contribution in [0, 0.1) is 0 Å². The maximum atomic E-state index is 12.8.